The minimum Gasteiger partial charge on any atom is -0.352 e. The predicted octanol–water partition coefficient (Wildman–Crippen LogP) is 1.68. The second-order valence-corrected chi connectivity index (χ2v) is 6.84. The van der Waals surface area contributed by atoms with Crippen LogP contribution >= 0.6 is 0 Å². The van der Waals surface area contributed by atoms with Gasteiger partial charge in [-0.25, -0.2) is 8.42 Å². The van der Waals surface area contributed by atoms with Gasteiger partial charge in [-0.05, 0) is 31.9 Å². The highest BCUT2D eigenvalue weighted by atomic mass is 32.2. The molecule has 0 aliphatic carbocycles. The normalized spacial score (nSPS) is 12.8. The van der Waals surface area contributed by atoms with Crippen molar-refractivity contribution in [1.82, 2.24) is 5.32 Å². The SMILES string of the molecule is CC[C@@H](C)NC(=O)CN(c1ccccc1C)S(C)(=O)=O. The minimum atomic E-state index is -3.51. The number of sulfonamides is 1. The van der Waals surface area contributed by atoms with E-state index in [9.17, 15) is 13.2 Å². The Morgan fingerprint density at radius 1 is 1.35 bits per heavy atom. The van der Waals surface area contributed by atoms with Crippen LogP contribution in [0.5, 0.6) is 0 Å². The topological polar surface area (TPSA) is 66.5 Å². The van der Waals surface area contributed by atoms with Crippen LogP contribution in [0.3, 0.4) is 0 Å². The quantitative estimate of drug-likeness (QED) is 0.869. The highest BCUT2D eigenvalue weighted by Gasteiger charge is 2.22. The van der Waals surface area contributed by atoms with Gasteiger partial charge in [-0.2, -0.15) is 0 Å². The first-order valence-corrected chi connectivity index (χ1v) is 8.43. The summed E-state index contributed by atoms with van der Waals surface area (Å²) in [7, 11) is -3.51. The number of rotatable bonds is 6. The molecule has 5 nitrogen and oxygen atoms in total. The number of anilines is 1. The van der Waals surface area contributed by atoms with Crippen LogP contribution in [0.25, 0.3) is 0 Å². The minimum absolute atomic E-state index is 0.0285. The molecule has 0 radical (unpaired) electrons. The molecule has 1 N–H and O–H groups in total. The summed E-state index contributed by atoms with van der Waals surface area (Å²) in [5.41, 5.74) is 1.35. The van der Waals surface area contributed by atoms with Crippen molar-refractivity contribution in [3.05, 3.63) is 29.8 Å². The van der Waals surface area contributed by atoms with Gasteiger partial charge >= 0.3 is 0 Å². The van der Waals surface area contributed by atoms with Crippen molar-refractivity contribution >= 4 is 21.6 Å². The molecule has 0 spiro atoms. The zero-order valence-electron chi connectivity index (χ0n) is 12.4. The number of carbonyl (C=O) groups excluding carboxylic acids is 1. The lowest BCUT2D eigenvalue weighted by molar-refractivity contribution is -0.120. The Hall–Kier alpha value is -1.56. The van der Waals surface area contributed by atoms with Crippen molar-refractivity contribution in [3.8, 4) is 0 Å². The summed E-state index contributed by atoms with van der Waals surface area (Å²) in [6.45, 7) is 5.46. The van der Waals surface area contributed by atoms with Crippen molar-refractivity contribution in [2.45, 2.75) is 33.2 Å². The van der Waals surface area contributed by atoms with E-state index in [1.165, 1.54) is 0 Å². The number of amides is 1. The standard InChI is InChI=1S/C14H22N2O3S/c1-5-12(3)15-14(17)10-16(20(4,18)19)13-9-7-6-8-11(13)2/h6-9,12H,5,10H2,1-4H3,(H,15,17)/t12-/m1/s1. The Bertz CT molecular complexity index is 570. The molecule has 0 saturated heterocycles. The molecule has 1 atom stereocenters. The van der Waals surface area contributed by atoms with Gasteiger partial charge in [0.05, 0.1) is 11.9 Å². The zero-order valence-corrected chi connectivity index (χ0v) is 13.2. The van der Waals surface area contributed by atoms with Gasteiger partial charge in [0.2, 0.25) is 15.9 Å². The van der Waals surface area contributed by atoms with Crippen LogP contribution in [0.1, 0.15) is 25.8 Å². The van der Waals surface area contributed by atoms with Crippen molar-refractivity contribution in [1.29, 1.82) is 0 Å². The van der Waals surface area contributed by atoms with Crippen LogP contribution in [0.4, 0.5) is 5.69 Å². The number of hydrogen-bond donors (Lipinski definition) is 1. The van der Waals surface area contributed by atoms with E-state index in [1.807, 2.05) is 32.9 Å². The maximum Gasteiger partial charge on any atom is 0.240 e. The lowest BCUT2D eigenvalue weighted by atomic mass is 10.2. The van der Waals surface area contributed by atoms with Gasteiger partial charge in [-0.1, -0.05) is 25.1 Å². The average Bonchev–Trinajstić information content (AvgIpc) is 2.35. The van der Waals surface area contributed by atoms with Crippen molar-refractivity contribution in [3.63, 3.8) is 0 Å². The Morgan fingerprint density at radius 3 is 2.45 bits per heavy atom. The molecule has 0 fully saturated rings. The molecule has 20 heavy (non-hydrogen) atoms. The summed E-state index contributed by atoms with van der Waals surface area (Å²) >= 11 is 0. The average molecular weight is 298 g/mol. The van der Waals surface area contributed by atoms with Gasteiger partial charge in [0.1, 0.15) is 6.54 Å². The van der Waals surface area contributed by atoms with Gasteiger partial charge in [-0.3, -0.25) is 9.10 Å². The van der Waals surface area contributed by atoms with Crippen LogP contribution in [0.15, 0.2) is 24.3 Å². The largest absolute Gasteiger partial charge is 0.352 e. The third-order valence-corrected chi connectivity index (χ3v) is 4.22. The van der Waals surface area contributed by atoms with E-state index in [-0.39, 0.29) is 18.5 Å². The molecule has 1 aromatic carbocycles. The van der Waals surface area contributed by atoms with E-state index in [1.54, 1.807) is 12.1 Å². The third-order valence-electron chi connectivity index (χ3n) is 3.09. The number of hydrogen-bond acceptors (Lipinski definition) is 3. The maximum absolute atomic E-state index is 11.9. The number of nitrogens with zero attached hydrogens (tertiary/aromatic N) is 1. The number of para-hydroxylation sites is 1. The number of carbonyl (C=O) groups is 1. The fraction of sp³-hybridized carbons (Fsp3) is 0.500. The molecule has 0 bridgehead atoms. The highest BCUT2D eigenvalue weighted by Crippen LogP contribution is 2.21. The summed E-state index contributed by atoms with van der Waals surface area (Å²) in [5.74, 6) is -0.298. The van der Waals surface area contributed by atoms with Crippen LogP contribution in [-0.2, 0) is 14.8 Å². The molecule has 0 aliphatic rings. The molecule has 0 unspecified atom stereocenters. The molecular weight excluding hydrogens is 276 g/mol. The second-order valence-electron chi connectivity index (χ2n) is 4.93. The van der Waals surface area contributed by atoms with Crippen LogP contribution in [0.2, 0.25) is 0 Å². The first-order valence-electron chi connectivity index (χ1n) is 6.58. The molecule has 0 heterocycles. The molecule has 112 valence electrons. The molecule has 0 saturated carbocycles. The number of nitrogens with one attached hydrogen (secondary N) is 1. The molecule has 1 aromatic rings. The van der Waals surface area contributed by atoms with E-state index in [0.29, 0.717) is 5.69 Å². The van der Waals surface area contributed by atoms with Gasteiger partial charge in [0.25, 0.3) is 0 Å². The molecule has 0 aliphatic heterocycles. The van der Waals surface area contributed by atoms with Gasteiger partial charge in [-0.15, -0.1) is 0 Å². The van der Waals surface area contributed by atoms with E-state index < -0.39 is 10.0 Å². The van der Waals surface area contributed by atoms with Crippen molar-refractivity contribution in [2.75, 3.05) is 17.1 Å². The van der Waals surface area contributed by atoms with Gasteiger partial charge in [0, 0.05) is 6.04 Å². The zero-order chi connectivity index (χ0) is 15.3. The number of aryl methyl sites for hydroxylation is 1. The lowest BCUT2D eigenvalue weighted by Crippen LogP contribution is -2.43. The van der Waals surface area contributed by atoms with Gasteiger partial charge in [0.15, 0.2) is 0 Å². The van der Waals surface area contributed by atoms with Crippen LogP contribution < -0.4 is 9.62 Å². The summed E-state index contributed by atoms with van der Waals surface area (Å²) in [5, 5.41) is 2.78. The molecule has 6 heteroatoms. The Labute approximate surface area is 121 Å². The monoisotopic (exact) mass is 298 g/mol. The summed E-state index contributed by atoms with van der Waals surface area (Å²) in [4.78, 5) is 11.9. The summed E-state index contributed by atoms with van der Waals surface area (Å²) in [6.07, 6.45) is 1.91. The maximum atomic E-state index is 11.9. The smallest absolute Gasteiger partial charge is 0.240 e. The van der Waals surface area contributed by atoms with Gasteiger partial charge < -0.3 is 5.32 Å². The van der Waals surface area contributed by atoms with E-state index in [2.05, 4.69) is 5.32 Å². The highest BCUT2D eigenvalue weighted by molar-refractivity contribution is 7.92. The first-order chi connectivity index (χ1) is 9.25. The summed E-state index contributed by atoms with van der Waals surface area (Å²) in [6, 6.07) is 7.14. The number of benzene rings is 1. The van der Waals surface area contributed by atoms with E-state index in [0.717, 1.165) is 22.5 Å². The Balaban J connectivity index is 2.99. The van der Waals surface area contributed by atoms with Crippen molar-refractivity contribution < 1.29 is 13.2 Å². The fourth-order valence-electron chi connectivity index (χ4n) is 1.78. The Morgan fingerprint density at radius 2 is 1.95 bits per heavy atom. The molecule has 0 aromatic heterocycles. The summed E-state index contributed by atoms with van der Waals surface area (Å²) < 4.78 is 25.0. The van der Waals surface area contributed by atoms with E-state index in [4.69, 9.17) is 0 Å². The molecular formula is C14H22N2O3S. The molecule has 1 amide bonds. The second kappa shape index (κ2) is 6.74. The van der Waals surface area contributed by atoms with Crippen LogP contribution in [0, 0.1) is 6.92 Å². The third kappa shape index (κ3) is 4.52. The fourth-order valence-corrected chi connectivity index (χ4v) is 2.69. The van der Waals surface area contributed by atoms with Crippen molar-refractivity contribution in [2.24, 2.45) is 0 Å². The first kappa shape index (κ1) is 16.5. The Kier molecular flexibility index (Phi) is 5.56. The molecule has 1 rings (SSSR count). The lowest BCUT2D eigenvalue weighted by Gasteiger charge is -2.24. The predicted molar refractivity (Wildman–Crippen MR) is 81.3 cm³/mol. The van der Waals surface area contributed by atoms with E-state index >= 15 is 0 Å². The van der Waals surface area contributed by atoms with Crippen LogP contribution in [-0.4, -0.2) is 33.2 Å².